The Kier molecular flexibility index (Phi) is 7.09. The van der Waals surface area contributed by atoms with Gasteiger partial charge in [-0.1, -0.05) is 13.8 Å². The fourth-order valence-electron chi connectivity index (χ4n) is 3.91. The minimum absolute atomic E-state index is 0.0959. The molecule has 11 nitrogen and oxygen atoms in total. The third-order valence-corrected chi connectivity index (χ3v) is 5.50. The normalized spacial score (nSPS) is 11.1. The van der Waals surface area contributed by atoms with Crippen LogP contribution < -0.4 is 21.4 Å². The number of carbonyl (C=O) groups is 1. The van der Waals surface area contributed by atoms with E-state index in [0.29, 0.717) is 47.9 Å². The third-order valence-electron chi connectivity index (χ3n) is 5.50. The smallest absolute Gasteiger partial charge is 0.341 e. The number of nitrogens with one attached hydrogen (secondary N) is 1. The Morgan fingerprint density at radius 1 is 0.972 bits per heavy atom. The van der Waals surface area contributed by atoms with E-state index in [1.807, 2.05) is 13.8 Å². The minimum Gasteiger partial charge on any atom is -0.508 e. The molecule has 0 aliphatic heterocycles. The van der Waals surface area contributed by atoms with Crippen LogP contribution in [0.5, 0.6) is 11.5 Å². The summed E-state index contributed by atoms with van der Waals surface area (Å²) in [6.07, 6.45) is 1.28. The van der Waals surface area contributed by atoms with Gasteiger partial charge in [0.2, 0.25) is 0 Å². The van der Waals surface area contributed by atoms with Gasteiger partial charge in [0.1, 0.15) is 11.5 Å². The molecular formula is C25H27N5O6. The monoisotopic (exact) mass is 493 g/mol. The van der Waals surface area contributed by atoms with Crippen LogP contribution in [-0.4, -0.2) is 41.6 Å². The van der Waals surface area contributed by atoms with Crippen molar-refractivity contribution < 1.29 is 19.7 Å². The van der Waals surface area contributed by atoms with E-state index in [0.717, 1.165) is 0 Å². The van der Waals surface area contributed by atoms with E-state index in [2.05, 4.69) is 10.4 Å². The molecular weight excluding hydrogens is 466 g/mol. The molecule has 0 aliphatic rings. The van der Waals surface area contributed by atoms with Crippen molar-refractivity contribution in [2.45, 2.75) is 39.8 Å². The van der Waals surface area contributed by atoms with Gasteiger partial charge in [-0.3, -0.25) is 19.4 Å². The molecule has 0 saturated carbocycles. The summed E-state index contributed by atoms with van der Waals surface area (Å²) in [6.45, 7) is 4.02. The molecule has 2 heterocycles. The molecule has 0 radical (unpaired) electrons. The Morgan fingerprint density at radius 3 is 2.22 bits per heavy atom. The molecule has 0 saturated heterocycles. The van der Waals surface area contributed by atoms with Crippen LogP contribution in [0.25, 0.3) is 22.6 Å². The highest BCUT2D eigenvalue weighted by atomic mass is 16.5. The van der Waals surface area contributed by atoms with Crippen LogP contribution >= 0.6 is 0 Å². The molecule has 36 heavy (non-hydrogen) atoms. The number of aliphatic carboxylic acids is 1. The second kappa shape index (κ2) is 10.4. The maximum atomic E-state index is 13.3. The van der Waals surface area contributed by atoms with Gasteiger partial charge in [-0.2, -0.15) is 0 Å². The van der Waals surface area contributed by atoms with Crippen LogP contribution in [0.4, 0.5) is 5.69 Å². The molecule has 0 unspecified atom stereocenters. The predicted octanol–water partition coefficient (Wildman–Crippen LogP) is 2.89. The third kappa shape index (κ3) is 4.81. The van der Waals surface area contributed by atoms with Gasteiger partial charge in [0.05, 0.1) is 5.69 Å². The topological polar surface area (TPSA) is 141 Å². The average molecular weight is 494 g/mol. The highest BCUT2D eigenvalue weighted by Crippen LogP contribution is 2.26. The maximum absolute atomic E-state index is 13.3. The summed E-state index contributed by atoms with van der Waals surface area (Å²) in [7, 11) is 0. The zero-order valence-electron chi connectivity index (χ0n) is 20.0. The van der Waals surface area contributed by atoms with Crippen molar-refractivity contribution in [3.63, 3.8) is 0 Å². The standard InChI is InChI=1S/C25H27N5O6/c1-3-13-28-23-21(24(34)29(14-4-2)25(28)35)26-22(30(23)27-17-7-9-18(31)10-8-17)16-5-11-19(12-6-16)36-15-20(32)33/h5-12,27,31H,3-4,13-15H2,1-2H3,(H,32,33). The van der Waals surface area contributed by atoms with E-state index in [1.165, 1.54) is 16.7 Å². The fraction of sp³-hybridized carbons (Fsp3) is 0.280. The molecule has 3 N–H and O–H groups in total. The van der Waals surface area contributed by atoms with Crippen LogP contribution in [0.2, 0.25) is 0 Å². The van der Waals surface area contributed by atoms with E-state index in [4.69, 9.17) is 9.84 Å². The van der Waals surface area contributed by atoms with Gasteiger partial charge in [-0.05, 0) is 61.4 Å². The number of phenols is 1. The van der Waals surface area contributed by atoms with Gasteiger partial charge < -0.3 is 14.9 Å². The number of carboxylic acids is 1. The van der Waals surface area contributed by atoms with Crippen molar-refractivity contribution in [2.24, 2.45) is 0 Å². The SMILES string of the molecule is CCCn1c(=O)c2nc(-c3ccc(OCC(=O)O)cc3)n(Nc3ccc(O)cc3)c2n(CCC)c1=O. The first-order chi connectivity index (χ1) is 17.3. The average Bonchev–Trinajstić information content (AvgIpc) is 3.24. The number of carboxylic acid groups (broad SMARTS) is 1. The summed E-state index contributed by atoms with van der Waals surface area (Å²) in [5.41, 5.74) is 4.00. The summed E-state index contributed by atoms with van der Waals surface area (Å²) in [5.74, 6) is -0.253. The number of ether oxygens (including phenoxy) is 1. The molecule has 0 atom stereocenters. The van der Waals surface area contributed by atoms with Crippen LogP contribution in [0.15, 0.2) is 58.1 Å². The van der Waals surface area contributed by atoms with E-state index in [-0.39, 0.29) is 17.8 Å². The summed E-state index contributed by atoms with van der Waals surface area (Å²) in [4.78, 5) is 42.1. The molecule has 4 aromatic rings. The number of aromatic nitrogens is 4. The first-order valence-electron chi connectivity index (χ1n) is 11.6. The number of fused-ring (bicyclic) bond motifs is 1. The molecule has 2 aromatic carbocycles. The number of anilines is 1. The number of hydrogen-bond acceptors (Lipinski definition) is 7. The van der Waals surface area contributed by atoms with Crippen molar-refractivity contribution in [3.05, 3.63) is 69.4 Å². The summed E-state index contributed by atoms with van der Waals surface area (Å²) in [6, 6.07) is 13.0. The summed E-state index contributed by atoms with van der Waals surface area (Å²) < 4.78 is 9.56. The van der Waals surface area contributed by atoms with E-state index in [1.54, 1.807) is 45.6 Å². The quantitative estimate of drug-likeness (QED) is 0.287. The Balaban J connectivity index is 1.95. The molecule has 0 fully saturated rings. The molecule has 188 valence electrons. The number of benzene rings is 2. The molecule has 11 heteroatoms. The molecule has 0 bridgehead atoms. The Bertz CT molecular complexity index is 1500. The second-order valence-electron chi connectivity index (χ2n) is 8.20. The van der Waals surface area contributed by atoms with Crippen LogP contribution in [0.1, 0.15) is 26.7 Å². The van der Waals surface area contributed by atoms with E-state index >= 15 is 0 Å². The van der Waals surface area contributed by atoms with Gasteiger partial charge in [0.15, 0.2) is 23.6 Å². The number of hydrogen-bond donors (Lipinski definition) is 3. The van der Waals surface area contributed by atoms with Crippen molar-refractivity contribution in [1.29, 1.82) is 0 Å². The number of nitrogens with zero attached hydrogens (tertiary/aromatic N) is 4. The van der Waals surface area contributed by atoms with Crippen molar-refractivity contribution in [3.8, 4) is 22.9 Å². The zero-order valence-corrected chi connectivity index (χ0v) is 20.0. The highest BCUT2D eigenvalue weighted by molar-refractivity contribution is 5.78. The lowest BCUT2D eigenvalue weighted by atomic mass is 10.2. The number of imidazole rings is 1. The van der Waals surface area contributed by atoms with Gasteiger partial charge in [-0.25, -0.2) is 19.2 Å². The minimum atomic E-state index is -1.09. The van der Waals surface area contributed by atoms with Gasteiger partial charge in [-0.15, -0.1) is 0 Å². The van der Waals surface area contributed by atoms with Crippen LogP contribution in [-0.2, 0) is 17.9 Å². The predicted molar refractivity (Wildman–Crippen MR) is 135 cm³/mol. The van der Waals surface area contributed by atoms with Crippen LogP contribution in [0.3, 0.4) is 0 Å². The molecule has 0 aliphatic carbocycles. The highest BCUT2D eigenvalue weighted by Gasteiger charge is 2.22. The lowest BCUT2D eigenvalue weighted by molar-refractivity contribution is -0.139. The number of aromatic hydroxyl groups is 1. The first kappa shape index (κ1) is 24.6. The lowest BCUT2D eigenvalue weighted by Crippen LogP contribution is -2.40. The van der Waals surface area contributed by atoms with Gasteiger partial charge >= 0.3 is 11.7 Å². The maximum Gasteiger partial charge on any atom is 0.341 e. The number of rotatable bonds is 10. The van der Waals surface area contributed by atoms with E-state index < -0.39 is 23.8 Å². The first-order valence-corrected chi connectivity index (χ1v) is 11.6. The summed E-state index contributed by atoms with van der Waals surface area (Å²) in [5, 5.41) is 18.5. The summed E-state index contributed by atoms with van der Waals surface area (Å²) >= 11 is 0. The number of phenolic OH excluding ortho intramolecular Hbond substituents is 1. The zero-order chi connectivity index (χ0) is 25.8. The molecule has 0 amide bonds. The largest absolute Gasteiger partial charge is 0.508 e. The number of aryl methyl sites for hydroxylation is 1. The lowest BCUT2D eigenvalue weighted by Gasteiger charge is -2.16. The van der Waals surface area contributed by atoms with Gasteiger partial charge in [0, 0.05) is 18.7 Å². The van der Waals surface area contributed by atoms with Crippen LogP contribution in [0, 0.1) is 0 Å². The molecule has 0 spiro atoms. The van der Waals surface area contributed by atoms with Gasteiger partial charge in [0.25, 0.3) is 5.56 Å². The molecule has 4 rings (SSSR count). The Morgan fingerprint density at radius 2 is 1.61 bits per heavy atom. The van der Waals surface area contributed by atoms with Crippen molar-refractivity contribution in [1.82, 2.24) is 18.8 Å². The Labute approximate surface area is 205 Å². The Hall–Kier alpha value is -4.54. The van der Waals surface area contributed by atoms with Crippen molar-refractivity contribution in [2.75, 3.05) is 12.0 Å². The van der Waals surface area contributed by atoms with Crippen molar-refractivity contribution >= 4 is 22.8 Å². The second-order valence-corrected chi connectivity index (χ2v) is 8.20. The van der Waals surface area contributed by atoms with E-state index in [9.17, 15) is 19.5 Å². The fourth-order valence-corrected chi connectivity index (χ4v) is 3.91. The molecule has 2 aromatic heterocycles.